The summed E-state index contributed by atoms with van der Waals surface area (Å²) in [6.45, 7) is 1.99. The molecule has 0 atom stereocenters. The smallest absolute Gasteiger partial charge is 0.357 e. The fourth-order valence-electron chi connectivity index (χ4n) is 1.65. The van der Waals surface area contributed by atoms with Crippen molar-refractivity contribution in [3.05, 3.63) is 40.0 Å². The topological polar surface area (TPSA) is 53.4 Å². The Labute approximate surface area is 126 Å². The van der Waals surface area contributed by atoms with Gasteiger partial charge in [-0.3, -0.25) is 0 Å². The van der Waals surface area contributed by atoms with Gasteiger partial charge >= 0.3 is 5.97 Å². The van der Waals surface area contributed by atoms with Gasteiger partial charge in [0.25, 0.3) is 0 Å². The Hall–Kier alpha value is -1.72. The standard InChI is InChI=1S/C13H12Cl2N2O3/c1-3-20-13(18)11-7-12(19-2)16-17(11)10-5-4-8(14)6-9(10)15/h4-7H,3H2,1-2H3. The van der Waals surface area contributed by atoms with Gasteiger partial charge in [-0.05, 0) is 25.1 Å². The summed E-state index contributed by atoms with van der Waals surface area (Å²) >= 11 is 12.0. The highest BCUT2D eigenvalue weighted by atomic mass is 35.5. The van der Waals surface area contributed by atoms with Crippen LogP contribution in [0, 0.1) is 0 Å². The molecule has 0 aliphatic heterocycles. The van der Waals surface area contributed by atoms with Crippen molar-refractivity contribution < 1.29 is 14.3 Å². The molecule has 0 amide bonds. The van der Waals surface area contributed by atoms with Crippen LogP contribution in [0.25, 0.3) is 5.69 Å². The minimum atomic E-state index is -0.505. The Kier molecular flexibility index (Phi) is 4.52. The van der Waals surface area contributed by atoms with Crippen molar-refractivity contribution in [1.82, 2.24) is 9.78 Å². The maximum atomic E-state index is 11.9. The predicted octanol–water partition coefficient (Wildman–Crippen LogP) is 3.36. The molecule has 0 N–H and O–H groups in total. The van der Waals surface area contributed by atoms with Crippen LogP contribution in [0.3, 0.4) is 0 Å². The zero-order valence-electron chi connectivity index (χ0n) is 10.9. The summed E-state index contributed by atoms with van der Waals surface area (Å²) < 4.78 is 11.4. The molecule has 1 aromatic heterocycles. The lowest BCUT2D eigenvalue weighted by molar-refractivity contribution is 0.0515. The fourth-order valence-corrected chi connectivity index (χ4v) is 2.13. The van der Waals surface area contributed by atoms with Crippen molar-refractivity contribution >= 4 is 29.2 Å². The van der Waals surface area contributed by atoms with Gasteiger partial charge in [-0.2, -0.15) is 0 Å². The SMILES string of the molecule is CCOC(=O)c1cc(OC)nn1-c1ccc(Cl)cc1Cl. The summed E-state index contributed by atoms with van der Waals surface area (Å²) in [7, 11) is 1.46. The van der Waals surface area contributed by atoms with Crippen molar-refractivity contribution in [1.29, 1.82) is 0 Å². The Morgan fingerprint density at radius 2 is 2.10 bits per heavy atom. The Morgan fingerprint density at radius 1 is 1.35 bits per heavy atom. The first-order valence-electron chi connectivity index (χ1n) is 5.83. The highest BCUT2D eigenvalue weighted by Crippen LogP contribution is 2.27. The van der Waals surface area contributed by atoms with E-state index < -0.39 is 5.97 Å². The van der Waals surface area contributed by atoms with E-state index in [9.17, 15) is 4.79 Å². The fraction of sp³-hybridized carbons (Fsp3) is 0.231. The third-order valence-corrected chi connectivity index (χ3v) is 3.06. The maximum Gasteiger partial charge on any atom is 0.357 e. The van der Waals surface area contributed by atoms with E-state index in [2.05, 4.69) is 5.10 Å². The molecule has 5 nitrogen and oxygen atoms in total. The van der Waals surface area contributed by atoms with Gasteiger partial charge in [-0.1, -0.05) is 23.2 Å². The third-order valence-electron chi connectivity index (χ3n) is 2.52. The zero-order chi connectivity index (χ0) is 14.7. The van der Waals surface area contributed by atoms with E-state index >= 15 is 0 Å². The Bertz CT molecular complexity index is 641. The van der Waals surface area contributed by atoms with Crippen LogP contribution in [0.15, 0.2) is 24.3 Å². The molecule has 1 heterocycles. The monoisotopic (exact) mass is 314 g/mol. The Balaban J connectivity index is 2.54. The molecule has 7 heteroatoms. The van der Waals surface area contributed by atoms with Gasteiger partial charge in [-0.25, -0.2) is 9.48 Å². The van der Waals surface area contributed by atoms with Crippen LogP contribution in [0.5, 0.6) is 5.88 Å². The van der Waals surface area contributed by atoms with Crippen molar-refractivity contribution in [3.8, 4) is 11.6 Å². The normalized spacial score (nSPS) is 10.4. The van der Waals surface area contributed by atoms with E-state index in [0.717, 1.165) is 0 Å². The second-order valence-corrected chi connectivity index (χ2v) is 4.64. The van der Waals surface area contributed by atoms with Gasteiger partial charge in [0.05, 0.1) is 24.4 Å². The first-order chi connectivity index (χ1) is 9.56. The largest absolute Gasteiger partial charge is 0.480 e. The minimum Gasteiger partial charge on any atom is -0.480 e. The maximum absolute atomic E-state index is 11.9. The summed E-state index contributed by atoms with van der Waals surface area (Å²) in [5.41, 5.74) is 0.746. The highest BCUT2D eigenvalue weighted by molar-refractivity contribution is 6.35. The summed E-state index contributed by atoms with van der Waals surface area (Å²) in [6, 6.07) is 6.39. The molecular formula is C13H12Cl2N2O3. The number of carbonyl (C=O) groups excluding carboxylic acids is 1. The first-order valence-corrected chi connectivity index (χ1v) is 6.59. The average Bonchev–Trinajstić information content (AvgIpc) is 2.83. The number of hydrogen-bond acceptors (Lipinski definition) is 4. The van der Waals surface area contributed by atoms with Crippen molar-refractivity contribution in [2.75, 3.05) is 13.7 Å². The van der Waals surface area contributed by atoms with Crippen LogP contribution in [0.2, 0.25) is 10.0 Å². The molecule has 0 bridgehead atoms. The summed E-state index contributed by atoms with van der Waals surface area (Å²) in [5, 5.41) is 5.02. The van der Waals surface area contributed by atoms with E-state index in [4.69, 9.17) is 32.7 Å². The van der Waals surface area contributed by atoms with Gasteiger partial charge < -0.3 is 9.47 Å². The van der Waals surface area contributed by atoms with E-state index in [1.807, 2.05) is 0 Å². The number of rotatable bonds is 4. The highest BCUT2D eigenvalue weighted by Gasteiger charge is 2.19. The summed E-state index contributed by atoms with van der Waals surface area (Å²) in [4.78, 5) is 11.9. The number of esters is 1. The van der Waals surface area contributed by atoms with Crippen LogP contribution in [-0.4, -0.2) is 29.5 Å². The van der Waals surface area contributed by atoms with Crippen molar-refractivity contribution in [3.63, 3.8) is 0 Å². The van der Waals surface area contributed by atoms with Gasteiger partial charge in [0.15, 0.2) is 5.69 Å². The molecule has 0 saturated carbocycles. The molecule has 0 spiro atoms. The van der Waals surface area contributed by atoms with Crippen LogP contribution >= 0.6 is 23.2 Å². The number of carbonyl (C=O) groups is 1. The predicted molar refractivity (Wildman–Crippen MR) is 76.1 cm³/mol. The number of hydrogen-bond donors (Lipinski definition) is 0. The lowest BCUT2D eigenvalue weighted by Crippen LogP contribution is -2.12. The summed E-state index contributed by atoms with van der Waals surface area (Å²) in [6.07, 6.45) is 0. The summed E-state index contributed by atoms with van der Waals surface area (Å²) in [5.74, 6) is -0.214. The van der Waals surface area contributed by atoms with E-state index in [0.29, 0.717) is 21.6 Å². The Morgan fingerprint density at radius 3 is 2.70 bits per heavy atom. The molecule has 1 aromatic carbocycles. The second kappa shape index (κ2) is 6.15. The number of nitrogens with zero attached hydrogens (tertiary/aromatic N) is 2. The van der Waals surface area contributed by atoms with Crippen LogP contribution < -0.4 is 4.74 Å². The molecule has 0 aliphatic carbocycles. The second-order valence-electron chi connectivity index (χ2n) is 3.80. The lowest BCUT2D eigenvalue weighted by Gasteiger charge is -2.08. The van der Waals surface area contributed by atoms with Gasteiger partial charge in [0.1, 0.15) is 0 Å². The molecule has 0 unspecified atom stereocenters. The number of halogens is 2. The number of methoxy groups -OCH3 is 1. The molecular weight excluding hydrogens is 303 g/mol. The molecule has 0 aliphatic rings. The van der Waals surface area contributed by atoms with Gasteiger partial charge in [0, 0.05) is 11.1 Å². The van der Waals surface area contributed by atoms with Crippen LogP contribution in [0.1, 0.15) is 17.4 Å². The van der Waals surface area contributed by atoms with E-state index in [1.54, 1.807) is 25.1 Å². The van der Waals surface area contributed by atoms with Crippen LogP contribution in [-0.2, 0) is 4.74 Å². The van der Waals surface area contributed by atoms with E-state index in [1.165, 1.54) is 17.9 Å². The van der Waals surface area contributed by atoms with Crippen LogP contribution in [0.4, 0.5) is 0 Å². The molecule has 20 heavy (non-hydrogen) atoms. The van der Waals surface area contributed by atoms with Crippen molar-refractivity contribution in [2.24, 2.45) is 0 Å². The molecule has 0 radical (unpaired) electrons. The van der Waals surface area contributed by atoms with Crippen molar-refractivity contribution in [2.45, 2.75) is 6.92 Å². The van der Waals surface area contributed by atoms with Gasteiger partial charge in [0.2, 0.25) is 5.88 Å². The van der Waals surface area contributed by atoms with E-state index in [-0.39, 0.29) is 12.3 Å². The number of benzene rings is 1. The molecule has 0 fully saturated rings. The first kappa shape index (κ1) is 14.7. The minimum absolute atomic E-state index is 0.230. The molecule has 0 saturated heterocycles. The third kappa shape index (κ3) is 2.89. The number of aromatic nitrogens is 2. The molecule has 2 aromatic rings. The quantitative estimate of drug-likeness (QED) is 0.812. The number of ether oxygens (including phenoxy) is 2. The van der Waals surface area contributed by atoms with Gasteiger partial charge in [-0.15, -0.1) is 5.10 Å². The molecule has 106 valence electrons. The average molecular weight is 315 g/mol. The molecule has 2 rings (SSSR count). The zero-order valence-corrected chi connectivity index (χ0v) is 12.4. The lowest BCUT2D eigenvalue weighted by atomic mass is 10.3.